The van der Waals surface area contributed by atoms with Crippen molar-refractivity contribution in [3.63, 3.8) is 0 Å². The molecule has 1 amide bonds. The van der Waals surface area contributed by atoms with Gasteiger partial charge < -0.3 is 23.9 Å². The van der Waals surface area contributed by atoms with E-state index >= 15 is 0 Å². The quantitative estimate of drug-likeness (QED) is 0.155. The van der Waals surface area contributed by atoms with E-state index in [1.165, 1.54) is 0 Å². The first-order valence-corrected chi connectivity index (χ1v) is 13.0. The molecule has 2 heterocycles. The van der Waals surface area contributed by atoms with Crippen LogP contribution in [0.4, 0.5) is 5.82 Å². The molecule has 0 radical (unpaired) electrons. The van der Waals surface area contributed by atoms with Crippen molar-refractivity contribution in [2.24, 2.45) is 5.16 Å². The normalized spacial score (nSPS) is 11.1. The van der Waals surface area contributed by atoms with Crippen LogP contribution in [-0.4, -0.2) is 29.9 Å². The van der Waals surface area contributed by atoms with Crippen LogP contribution in [0.3, 0.4) is 0 Å². The average molecular weight is 545 g/mol. The van der Waals surface area contributed by atoms with Crippen LogP contribution in [-0.2, 0) is 16.2 Å². The number of rotatable bonds is 10. The Morgan fingerprint density at radius 1 is 0.951 bits per heavy atom. The fourth-order valence-electron chi connectivity index (χ4n) is 4.60. The zero-order valence-electron chi connectivity index (χ0n) is 22.7. The fourth-order valence-corrected chi connectivity index (χ4v) is 4.60. The van der Waals surface area contributed by atoms with E-state index < -0.39 is 5.91 Å². The third kappa shape index (κ3) is 6.05. The van der Waals surface area contributed by atoms with Gasteiger partial charge in [0.05, 0.1) is 31.3 Å². The zero-order chi connectivity index (χ0) is 28.6. The standard InChI is InChI=1S/C33H28N4O4/c1-23(24-15-17-27(39-2)18-16-24)36-41-22-30(38)35-33-29(20-34)31(25-10-5-3-6-11-25)32(26-12-7-4-8-13-26)37(33)21-28-14-9-19-40-28/h3-19H,21-22H2,1-2H3,(H,35,38)/b36-23+. The lowest BCUT2D eigenvalue weighted by molar-refractivity contribution is -0.120. The van der Waals surface area contributed by atoms with Gasteiger partial charge in [0, 0.05) is 5.56 Å². The number of benzene rings is 3. The summed E-state index contributed by atoms with van der Waals surface area (Å²) < 4.78 is 12.8. The maximum absolute atomic E-state index is 13.2. The molecule has 0 unspecified atom stereocenters. The van der Waals surface area contributed by atoms with Crippen molar-refractivity contribution in [1.29, 1.82) is 5.26 Å². The number of hydrogen-bond acceptors (Lipinski definition) is 6. The monoisotopic (exact) mass is 544 g/mol. The first-order valence-electron chi connectivity index (χ1n) is 13.0. The molecule has 0 aliphatic heterocycles. The van der Waals surface area contributed by atoms with Crippen molar-refractivity contribution in [3.8, 4) is 34.2 Å². The summed E-state index contributed by atoms with van der Waals surface area (Å²) in [6, 6.07) is 32.8. The average Bonchev–Trinajstić information content (AvgIpc) is 3.64. The smallest absolute Gasteiger partial charge is 0.266 e. The molecule has 0 spiro atoms. The van der Waals surface area contributed by atoms with Gasteiger partial charge in [0.1, 0.15) is 29.0 Å². The van der Waals surface area contributed by atoms with E-state index in [9.17, 15) is 10.1 Å². The van der Waals surface area contributed by atoms with Gasteiger partial charge in [-0.05, 0) is 60.0 Å². The summed E-state index contributed by atoms with van der Waals surface area (Å²) in [5.74, 6) is 1.31. The largest absolute Gasteiger partial charge is 0.497 e. The lowest BCUT2D eigenvalue weighted by Gasteiger charge is -2.14. The minimum absolute atomic E-state index is 0.296. The second-order valence-corrected chi connectivity index (χ2v) is 9.18. The Labute approximate surface area is 238 Å². The van der Waals surface area contributed by atoms with Crippen LogP contribution in [0.15, 0.2) is 113 Å². The number of nitrogens with one attached hydrogen (secondary N) is 1. The topological polar surface area (TPSA) is 102 Å². The number of ether oxygens (including phenoxy) is 1. The van der Waals surface area contributed by atoms with E-state index in [1.807, 2.05) is 95.6 Å². The third-order valence-electron chi connectivity index (χ3n) is 6.54. The predicted octanol–water partition coefficient (Wildman–Crippen LogP) is 6.72. The van der Waals surface area contributed by atoms with Gasteiger partial charge in [-0.1, -0.05) is 65.8 Å². The van der Waals surface area contributed by atoms with E-state index in [4.69, 9.17) is 14.0 Å². The highest BCUT2D eigenvalue weighted by molar-refractivity contribution is 5.99. The first-order chi connectivity index (χ1) is 20.1. The molecule has 8 heteroatoms. The van der Waals surface area contributed by atoms with Gasteiger partial charge in [0.15, 0.2) is 6.61 Å². The number of methoxy groups -OCH3 is 1. The van der Waals surface area contributed by atoms with E-state index in [1.54, 1.807) is 26.4 Å². The highest BCUT2D eigenvalue weighted by atomic mass is 16.6. The number of aromatic nitrogens is 1. The summed E-state index contributed by atoms with van der Waals surface area (Å²) in [6.07, 6.45) is 1.60. The third-order valence-corrected chi connectivity index (χ3v) is 6.54. The molecule has 3 aromatic carbocycles. The van der Waals surface area contributed by atoms with Crippen molar-refractivity contribution < 1.29 is 18.8 Å². The number of nitriles is 1. The summed E-state index contributed by atoms with van der Waals surface area (Å²) in [7, 11) is 1.60. The van der Waals surface area contributed by atoms with Gasteiger partial charge in [-0.2, -0.15) is 5.26 Å². The zero-order valence-corrected chi connectivity index (χ0v) is 22.7. The van der Waals surface area contributed by atoms with Crippen molar-refractivity contribution in [1.82, 2.24) is 4.57 Å². The lowest BCUT2D eigenvalue weighted by atomic mass is 9.98. The SMILES string of the molecule is COc1ccc(/C(C)=N/OCC(=O)Nc2c(C#N)c(-c3ccccc3)c(-c3ccccc3)n2Cc2ccco2)cc1. The molecular formula is C33H28N4O4. The summed E-state index contributed by atoms with van der Waals surface area (Å²) in [5, 5.41) is 17.4. The Morgan fingerprint density at radius 2 is 1.63 bits per heavy atom. The number of nitrogens with zero attached hydrogens (tertiary/aromatic N) is 3. The molecule has 2 aromatic heterocycles. The predicted molar refractivity (Wildman–Crippen MR) is 158 cm³/mol. The number of carbonyl (C=O) groups excluding carboxylic acids is 1. The maximum Gasteiger partial charge on any atom is 0.266 e. The van der Waals surface area contributed by atoms with E-state index in [2.05, 4.69) is 16.5 Å². The second-order valence-electron chi connectivity index (χ2n) is 9.18. The van der Waals surface area contributed by atoms with Gasteiger partial charge in [0.2, 0.25) is 0 Å². The second kappa shape index (κ2) is 12.5. The molecule has 0 fully saturated rings. The van der Waals surface area contributed by atoms with Gasteiger partial charge in [0.25, 0.3) is 5.91 Å². The number of furan rings is 1. The summed E-state index contributed by atoms with van der Waals surface area (Å²) in [4.78, 5) is 18.6. The highest BCUT2D eigenvalue weighted by Crippen LogP contribution is 2.42. The Hall–Kier alpha value is -5.55. The van der Waals surface area contributed by atoms with Gasteiger partial charge in [-0.3, -0.25) is 4.79 Å². The Kier molecular flexibility index (Phi) is 8.27. The van der Waals surface area contributed by atoms with E-state index in [-0.39, 0.29) is 6.61 Å². The maximum atomic E-state index is 13.2. The summed E-state index contributed by atoms with van der Waals surface area (Å²) in [6.45, 7) is 1.75. The Bertz CT molecular complexity index is 1680. The Morgan fingerprint density at radius 3 is 2.24 bits per heavy atom. The number of carbonyl (C=O) groups is 1. The molecule has 0 saturated carbocycles. The number of anilines is 1. The minimum atomic E-state index is -0.454. The van der Waals surface area contributed by atoms with E-state index in [0.29, 0.717) is 29.4 Å². The van der Waals surface area contributed by atoms with Crippen LogP contribution >= 0.6 is 0 Å². The Balaban J connectivity index is 1.51. The molecule has 204 valence electrons. The number of hydrogen-bond donors (Lipinski definition) is 1. The van der Waals surface area contributed by atoms with Crippen LogP contribution < -0.4 is 10.1 Å². The van der Waals surface area contributed by atoms with Crippen LogP contribution in [0.1, 0.15) is 23.8 Å². The van der Waals surface area contributed by atoms with Crippen molar-refractivity contribution in [2.75, 3.05) is 19.0 Å². The molecule has 5 rings (SSSR count). The number of oxime groups is 1. The van der Waals surface area contributed by atoms with Crippen molar-refractivity contribution in [3.05, 3.63) is 120 Å². The molecule has 8 nitrogen and oxygen atoms in total. The van der Waals surface area contributed by atoms with Gasteiger partial charge in [-0.25, -0.2) is 0 Å². The van der Waals surface area contributed by atoms with Crippen molar-refractivity contribution in [2.45, 2.75) is 13.5 Å². The van der Waals surface area contributed by atoms with Crippen LogP contribution in [0.25, 0.3) is 22.4 Å². The summed E-state index contributed by atoms with van der Waals surface area (Å²) in [5.41, 5.74) is 5.04. The lowest BCUT2D eigenvalue weighted by Crippen LogP contribution is -2.20. The van der Waals surface area contributed by atoms with Crippen molar-refractivity contribution >= 4 is 17.4 Å². The summed E-state index contributed by atoms with van der Waals surface area (Å²) >= 11 is 0. The van der Waals surface area contributed by atoms with E-state index in [0.717, 1.165) is 33.7 Å². The van der Waals surface area contributed by atoms with Gasteiger partial charge >= 0.3 is 0 Å². The fraction of sp³-hybridized carbons (Fsp3) is 0.121. The molecule has 0 saturated heterocycles. The first kappa shape index (κ1) is 27.0. The number of amides is 1. The highest BCUT2D eigenvalue weighted by Gasteiger charge is 2.27. The molecular weight excluding hydrogens is 516 g/mol. The molecule has 5 aromatic rings. The minimum Gasteiger partial charge on any atom is -0.497 e. The van der Waals surface area contributed by atoms with Crippen LogP contribution in [0, 0.1) is 11.3 Å². The molecule has 41 heavy (non-hydrogen) atoms. The molecule has 0 bridgehead atoms. The molecule has 0 aliphatic carbocycles. The molecule has 0 aliphatic rings. The van der Waals surface area contributed by atoms with Crippen LogP contribution in [0.2, 0.25) is 0 Å². The van der Waals surface area contributed by atoms with Crippen LogP contribution in [0.5, 0.6) is 5.75 Å². The molecule has 1 N–H and O–H groups in total. The molecule has 0 atom stereocenters. The van der Waals surface area contributed by atoms with Gasteiger partial charge in [-0.15, -0.1) is 0 Å².